The molecule has 2 heterocycles. The molecule has 1 aromatic carbocycles. The van der Waals surface area contributed by atoms with Crippen molar-refractivity contribution in [2.45, 2.75) is 44.7 Å². The van der Waals surface area contributed by atoms with Gasteiger partial charge in [0.15, 0.2) is 5.03 Å². The smallest absolute Gasteiger partial charge is 0.322 e. The molecular weight excluding hydrogens is 452 g/mol. The molecule has 0 spiro atoms. The van der Waals surface area contributed by atoms with E-state index < -0.39 is 22.0 Å². The molecule has 0 fully saturated rings. The lowest BCUT2D eigenvalue weighted by Crippen LogP contribution is -2.31. The van der Waals surface area contributed by atoms with Gasteiger partial charge in [0, 0.05) is 6.20 Å². The fraction of sp³-hybridized carbons (Fsp3) is 0.320. The van der Waals surface area contributed by atoms with Crippen LogP contribution in [0.3, 0.4) is 0 Å². The Morgan fingerprint density at radius 1 is 1.00 bits per heavy atom. The first-order valence-corrected chi connectivity index (χ1v) is 12.4. The number of carbonyl (C=O) groups is 1. The molecule has 0 aliphatic heterocycles. The Bertz CT molecular complexity index is 1210. The first kappa shape index (κ1) is 25.3. The number of benzene rings is 1. The Balaban J connectivity index is 1.89. The van der Waals surface area contributed by atoms with Crippen molar-refractivity contribution in [2.24, 2.45) is 5.41 Å². The second kappa shape index (κ2) is 10.8. The van der Waals surface area contributed by atoms with Gasteiger partial charge in [0.05, 0.1) is 11.7 Å². The van der Waals surface area contributed by atoms with Crippen molar-refractivity contribution in [1.29, 1.82) is 0 Å². The van der Waals surface area contributed by atoms with Crippen LogP contribution in [0.25, 0.3) is 0 Å². The summed E-state index contributed by atoms with van der Waals surface area (Å²) < 4.78 is 28.8. The number of carboxylic acid groups (broad SMARTS) is 1. The van der Waals surface area contributed by atoms with Crippen molar-refractivity contribution >= 4 is 21.8 Å². The van der Waals surface area contributed by atoms with Crippen molar-refractivity contribution < 1.29 is 18.3 Å². The molecule has 0 aliphatic rings. The average Bonchev–Trinajstić information content (AvgIpc) is 2.78. The molecule has 0 bridgehead atoms. The van der Waals surface area contributed by atoms with E-state index in [0.29, 0.717) is 17.9 Å². The Morgan fingerprint density at radius 3 is 2.32 bits per heavy atom. The zero-order valence-electron chi connectivity index (χ0n) is 19.5. The summed E-state index contributed by atoms with van der Waals surface area (Å²) in [4.78, 5) is 19.3. The number of hydrogen-bond acceptors (Lipinski definition) is 6. The zero-order valence-corrected chi connectivity index (χ0v) is 20.3. The molecule has 0 radical (unpaired) electrons. The Kier molecular flexibility index (Phi) is 8.01. The molecule has 34 heavy (non-hydrogen) atoms. The molecular formula is C25H30N4O4S. The topological polar surface area (TPSA) is 121 Å². The van der Waals surface area contributed by atoms with Gasteiger partial charge in [-0.25, -0.2) is 23.1 Å². The number of hydrogen-bond donors (Lipinski definition) is 3. The van der Waals surface area contributed by atoms with Crippen LogP contribution in [-0.2, 0) is 27.7 Å². The number of carboxylic acids is 1. The lowest BCUT2D eigenvalue weighted by molar-refractivity contribution is -0.134. The van der Waals surface area contributed by atoms with Gasteiger partial charge in [-0.1, -0.05) is 57.2 Å². The second-order valence-corrected chi connectivity index (χ2v) is 11.0. The van der Waals surface area contributed by atoms with Crippen LogP contribution in [0.1, 0.15) is 43.6 Å². The quantitative estimate of drug-likeness (QED) is 0.402. The van der Waals surface area contributed by atoms with Crippen LogP contribution in [0.2, 0.25) is 0 Å². The molecule has 3 aromatic rings. The maximum Gasteiger partial charge on any atom is 0.322 e. The number of anilines is 1. The highest BCUT2D eigenvalue weighted by Crippen LogP contribution is 2.24. The van der Waals surface area contributed by atoms with E-state index >= 15 is 0 Å². The van der Waals surface area contributed by atoms with Gasteiger partial charge in [-0.2, -0.15) is 0 Å². The normalized spacial score (nSPS) is 12.8. The summed E-state index contributed by atoms with van der Waals surface area (Å²) in [6.07, 6.45) is 2.71. The minimum Gasteiger partial charge on any atom is -0.480 e. The predicted octanol–water partition coefficient (Wildman–Crippen LogP) is 3.82. The van der Waals surface area contributed by atoms with E-state index in [1.165, 1.54) is 17.8 Å². The van der Waals surface area contributed by atoms with Gasteiger partial charge in [-0.3, -0.25) is 4.79 Å². The van der Waals surface area contributed by atoms with E-state index in [1.54, 1.807) is 30.3 Å². The third-order valence-corrected chi connectivity index (χ3v) is 6.34. The van der Waals surface area contributed by atoms with Gasteiger partial charge in [-0.05, 0) is 53.6 Å². The minimum atomic E-state index is -3.91. The van der Waals surface area contributed by atoms with Crippen molar-refractivity contribution in [3.8, 4) is 0 Å². The van der Waals surface area contributed by atoms with Gasteiger partial charge in [0.2, 0.25) is 0 Å². The van der Waals surface area contributed by atoms with Crippen LogP contribution in [-0.4, -0.2) is 36.0 Å². The van der Waals surface area contributed by atoms with Crippen LogP contribution in [0, 0.1) is 5.41 Å². The number of nitrogens with one attached hydrogen (secondary N) is 2. The zero-order chi connectivity index (χ0) is 24.8. The highest BCUT2D eigenvalue weighted by Gasteiger charge is 2.24. The van der Waals surface area contributed by atoms with Crippen molar-refractivity contribution in [3.63, 3.8) is 0 Å². The van der Waals surface area contributed by atoms with Gasteiger partial charge in [-0.15, -0.1) is 0 Å². The largest absolute Gasteiger partial charge is 0.480 e. The standard InChI is InChI=1S/C25H30N4O4S/c1-25(2,3)16-19-12-10-18(11-13-19)15-21(29-34(32,33)23-9-4-5-14-26-23)20-7-6-8-22(28-20)27-17-24(30)31/h4-14,21,29H,15-17H2,1-3H3,(H,27,28)(H,30,31). The molecule has 2 aromatic heterocycles. The SMILES string of the molecule is CC(C)(C)Cc1ccc(CC(NS(=O)(=O)c2ccccn2)c2cccc(NCC(=O)O)n2)cc1. The molecule has 8 nitrogen and oxygen atoms in total. The van der Waals surface area contributed by atoms with E-state index in [-0.39, 0.29) is 17.0 Å². The number of nitrogens with zero attached hydrogens (tertiary/aromatic N) is 2. The number of aliphatic carboxylic acids is 1. The van der Waals surface area contributed by atoms with E-state index in [1.807, 2.05) is 12.1 Å². The summed E-state index contributed by atoms with van der Waals surface area (Å²) in [5.74, 6) is -0.669. The minimum absolute atomic E-state index is 0.0827. The molecule has 3 rings (SSSR count). The van der Waals surface area contributed by atoms with E-state index in [9.17, 15) is 13.2 Å². The van der Waals surface area contributed by atoms with Gasteiger partial charge in [0.25, 0.3) is 10.0 Å². The summed E-state index contributed by atoms with van der Waals surface area (Å²) in [5.41, 5.74) is 2.78. The summed E-state index contributed by atoms with van der Waals surface area (Å²) in [6.45, 7) is 6.25. The van der Waals surface area contributed by atoms with E-state index in [4.69, 9.17) is 5.11 Å². The molecule has 3 N–H and O–H groups in total. The molecule has 0 saturated heterocycles. The third kappa shape index (κ3) is 7.64. The number of pyridine rings is 2. The summed E-state index contributed by atoms with van der Waals surface area (Å²) in [6, 6.07) is 17.2. The fourth-order valence-corrected chi connectivity index (χ4v) is 4.67. The monoisotopic (exact) mass is 482 g/mol. The first-order chi connectivity index (χ1) is 16.0. The van der Waals surface area contributed by atoms with E-state index in [0.717, 1.165) is 12.0 Å². The molecule has 1 atom stereocenters. The second-order valence-electron chi connectivity index (χ2n) is 9.29. The van der Waals surface area contributed by atoms with Crippen LogP contribution in [0.15, 0.2) is 71.9 Å². The highest BCUT2D eigenvalue weighted by atomic mass is 32.2. The third-order valence-electron chi connectivity index (χ3n) is 4.96. The average molecular weight is 483 g/mol. The van der Waals surface area contributed by atoms with Crippen molar-refractivity contribution in [1.82, 2.24) is 14.7 Å². The Labute approximate surface area is 200 Å². The van der Waals surface area contributed by atoms with Crippen LogP contribution in [0.5, 0.6) is 0 Å². The van der Waals surface area contributed by atoms with Crippen molar-refractivity contribution in [3.05, 3.63) is 83.7 Å². The summed E-state index contributed by atoms with van der Waals surface area (Å²) in [7, 11) is -3.91. The number of rotatable bonds is 10. The van der Waals surface area contributed by atoms with Gasteiger partial charge < -0.3 is 10.4 Å². The maximum atomic E-state index is 13.0. The number of sulfonamides is 1. The maximum absolute atomic E-state index is 13.0. The van der Waals surface area contributed by atoms with E-state index in [2.05, 4.69) is 52.9 Å². The Hall–Kier alpha value is -3.30. The molecule has 1 unspecified atom stereocenters. The predicted molar refractivity (Wildman–Crippen MR) is 131 cm³/mol. The van der Waals surface area contributed by atoms with Gasteiger partial charge in [0.1, 0.15) is 12.4 Å². The molecule has 0 saturated carbocycles. The summed E-state index contributed by atoms with van der Waals surface area (Å²) >= 11 is 0. The molecule has 9 heteroatoms. The van der Waals surface area contributed by atoms with Crippen molar-refractivity contribution in [2.75, 3.05) is 11.9 Å². The number of aromatic nitrogens is 2. The molecule has 180 valence electrons. The molecule has 0 aliphatic carbocycles. The van der Waals surface area contributed by atoms with Crippen LogP contribution >= 0.6 is 0 Å². The van der Waals surface area contributed by atoms with Crippen LogP contribution in [0.4, 0.5) is 5.82 Å². The van der Waals surface area contributed by atoms with Gasteiger partial charge >= 0.3 is 5.97 Å². The fourth-order valence-electron chi connectivity index (χ4n) is 3.51. The van der Waals surface area contributed by atoms with Crippen LogP contribution < -0.4 is 10.0 Å². The lowest BCUT2D eigenvalue weighted by Gasteiger charge is -2.20. The Morgan fingerprint density at radius 2 is 1.71 bits per heavy atom. The molecule has 0 amide bonds. The summed E-state index contributed by atoms with van der Waals surface area (Å²) in [5, 5.41) is 11.6. The lowest BCUT2D eigenvalue weighted by atomic mass is 9.87. The highest BCUT2D eigenvalue weighted by molar-refractivity contribution is 7.89. The first-order valence-electron chi connectivity index (χ1n) is 11.0.